The summed E-state index contributed by atoms with van der Waals surface area (Å²) in [5.74, 6) is 0. The topological polar surface area (TPSA) is 6.48 Å². The van der Waals surface area contributed by atoms with Crippen molar-refractivity contribution in [1.29, 1.82) is 0 Å². The third-order valence-electron chi connectivity index (χ3n) is 2.52. The van der Waals surface area contributed by atoms with Crippen molar-refractivity contribution in [2.75, 3.05) is 28.2 Å². The molecule has 6 heteroatoms. The molecule has 2 aromatic rings. The van der Waals surface area contributed by atoms with E-state index in [4.69, 9.17) is 0 Å². The van der Waals surface area contributed by atoms with Gasteiger partial charge in [-0.3, -0.25) is 0 Å². The number of hydrogen-bond donors (Lipinski definition) is 0. The second-order valence-corrected chi connectivity index (χ2v) is 5.25. The van der Waals surface area contributed by atoms with Gasteiger partial charge in [0, 0.05) is 53.9 Å². The maximum atomic E-state index is 3.16. The normalized spacial score (nSPS) is 8.58. The molecule has 142 valence electrons. The predicted molar refractivity (Wildman–Crippen MR) is 99.8 cm³/mol. The quantitative estimate of drug-likeness (QED) is 0.529. The van der Waals surface area contributed by atoms with Crippen LogP contribution in [0.5, 0.6) is 0 Å². The van der Waals surface area contributed by atoms with Gasteiger partial charge in [-0.2, -0.15) is 0 Å². The Morgan fingerprint density at radius 3 is 1.21 bits per heavy atom. The van der Waals surface area contributed by atoms with Crippen molar-refractivity contribution in [2.45, 2.75) is 13.1 Å². The van der Waals surface area contributed by atoms with Crippen molar-refractivity contribution < 1.29 is 40.8 Å². The van der Waals surface area contributed by atoms with Gasteiger partial charge in [0.15, 0.2) is 0 Å². The van der Waals surface area contributed by atoms with Crippen LogP contribution in [-0.2, 0) is 53.9 Å². The van der Waals surface area contributed by atoms with Crippen LogP contribution >= 0.6 is 24.8 Å². The zero-order valence-corrected chi connectivity index (χ0v) is 19.1. The second kappa shape index (κ2) is 19.6. The summed E-state index contributed by atoms with van der Waals surface area (Å²) in [4.78, 5) is 4.26. The van der Waals surface area contributed by atoms with E-state index < -0.39 is 0 Å². The fraction of sp³-hybridized carbons (Fsp3) is 0.333. The van der Waals surface area contributed by atoms with Crippen LogP contribution in [0.4, 0.5) is 0 Å². The summed E-state index contributed by atoms with van der Waals surface area (Å²) in [6, 6.07) is 22.4. The third-order valence-corrected chi connectivity index (χ3v) is 2.52. The van der Waals surface area contributed by atoms with Gasteiger partial charge in [-0.25, -0.2) is 0 Å². The van der Waals surface area contributed by atoms with Crippen molar-refractivity contribution in [3.05, 3.63) is 71.8 Å². The monoisotopic (exact) mass is 552 g/mol. The summed E-state index contributed by atoms with van der Waals surface area (Å²) in [5.41, 5.74) is 2.49. The Kier molecular flexibility index (Phi) is 26.1. The summed E-state index contributed by atoms with van der Waals surface area (Å²) in [5, 5.41) is 0. The molecule has 2 aromatic carbocycles. The van der Waals surface area contributed by atoms with Gasteiger partial charge in [-0.1, -0.05) is 48.5 Å². The smallest absolute Gasteiger partial charge is 0.0233 e. The van der Waals surface area contributed by atoms with E-state index in [2.05, 4.69) is 62.3 Å². The Labute approximate surface area is 187 Å². The van der Waals surface area contributed by atoms with Crippen molar-refractivity contribution in [3.63, 3.8) is 0 Å². The molecular formula is C18H26Cl2N2Pd2. The van der Waals surface area contributed by atoms with Crippen molar-refractivity contribution in [1.82, 2.24) is 9.80 Å². The first kappa shape index (κ1) is 32.0. The van der Waals surface area contributed by atoms with E-state index in [0.29, 0.717) is 0 Å². The standard InChI is InChI=1S/2C9H12N.2ClH.2Pd/c2*1-10(2)8-9-6-4-3-5-7-9;;;;/h2*3-6H,8H2,1-2H3;2*1H;;. The molecule has 2 rings (SSSR count). The van der Waals surface area contributed by atoms with Crippen LogP contribution in [0.3, 0.4) is 0 Å². The molecule has 0 saturated carbocycles. The molecule has 0 unspecified atom stereocenters. The number of benzene rings is 2. The van der Waals surface area contributed by atoms with Gasteiger partial charge in [-0.05, 0) is 51.5 Å². The molecule has 0 N–H and O–H groups in total. The average Bonchev–Trinajstić information content (AvgIpc) is 2.40. The van der Waals surface area contributed by atoms with E-state index in [-0.39, 0.29) is 65.7 Å². The average molecular weight is 554 g/mol. The van der Waals surface area contributed by atoms with Gasteiger partial charge < -0.3 is 9.80 Å². The maximum Gasteiger partial charge on any atom is 0.0233 e. The van der Waals surface area contributed by atoms with Gasteiger partial charge in [0.25, 0.3) is 0 Å². The molecule has 0 aliphatic carbocycles. The molecule has 0 bridgehead atoms. The first-order valence-electron chi connectivity index (χ1n) is 6.78. The van der Waals surface area contributed by atoms with Crippen molar-refractivity contribution in [3.8, 4) is 0 Å². The Morgan fingerprint density at radius 2 is 1.00 bits per heavy atom. The minimum atomic E-state index is 0. The first-order chi connectivity index (χ1) is 9.58. The maximum absolute atomic E-state index is 3.16. The molecule has 2 radical (unpaired) electrons. The minimum absolute atomic E-state index is 0. The number of hydrogen-bond acceptors (Lipinski definition) is 2. The van der Waals surface area contributed by atoms with Gasteiger partial charge in [0.2, 0.25) is 0 Å². The minimum Gasteiger partial charge on any atom is -0.305 e. The number of halogens is 2. The summed E-state index contributed by atoms with van der Waals surface area (Å²) < 4.78 is 0. The molecule has 0 fully saturated rings. The second-order valence-electron chi connectivity index (χ2n) is 5.25. The Bertz CT molecular complexity index is 423. The van der Waals surface area contributed by atoms with Crippen LogP contribution in [-0.4, -0.2) is 38.0 Å². The van der Waals surface area contributed by atoms with Gasteiger partial charge in [0.1, 0.15) is 0 Å². The molecule has 0 amide bonds. The summed E-state index contributed by atoms with van der Waals surface area (Å²) in [6.07, 6.45) is 0. The molecule has 0 aromatic heterocycles. The molecule has 0 saturated heterocycles. The first-order valence-corrected chi connectivity index (χ1v) is 6.78. The van der Waals surface area contributed by atoms with E-state index in [1.54, 1.807) is 0 Å². The molecule has 2 nitrogen and oxygen atoms in total. The Balaban J connectivity index is -0.000000143. The van der Waals surface area contributed by atoms with E-state index in [9.17, 15) is 0 Å². The Hall–Kier alpha value is 0.265. The van der Waals surface area contributed by atoms with E-state index >= 15 is 0 Å². The molecule has 0 aliphatic heterocycles. The fourth-order valence-electron chi connectivity index (χ4n) is 1.74. The summed E-state index contributed by atoms with van der Waals surface area (Å²) in [6.45, 7) is 1.95. The fourth-order valence-corrected chi connectivity index (χ4v) is 1.74. The van der Waals surface area contributed by atoms with Crippen molar-refractivity contribution in [2.24, 2.45) is 0 Å². The van der Waals surface area contributed by atoms with E-state index in [1.165, 1.54) is 11.1 Å². The molecule has 0 spiro atoms. The Morgan fingerprint density at radius 1 is 0.667 bits per heavy atom. The van der Waals surface area contributed by atoms with Crippen molar-refractivity contribution >= 4 is 24.8 Å². The van der Waals surface area contributed by atoms with Crippen LogP contribution in [0.2, 0.25) is 0 Å². The molecule has 0 aliphatic rings. The predicted octanol–water partition coefficient (Wildman–Crippen LogP) is 3.94. The molecule has 24 heavy (non-hydrogen) atoms. The number of rotatable bonds is 4. The summed E-state index contributed by atoms with van der Waals surface area (Å²) >= 11 is 0. The number of nitrogens with zero attached hydrogens (tertiary/aromatic N) is 2. The largest absolute Gasteiger partial charge is 0.305 e. The van der Waals surface area contributed by atoms with E-state index in [1.807, 2.05) is 36.4 Å². The van der Waals surface area contributed by atoms with Crippen LogP contribution in [0.1, 0.15) is 11.1 Å². The van der Waals surface area contributed by atoms with Gasteiger partial charge in [-0.15, -0.1) is 24.8 Å². The molecule has 0 atom stereocenters. The third kappa shape index (κ3) is 17.1. The van der Waals surface area contributed by atoms with Gasteiger partial charge >= 0.3 is 0 Å². The SMILES string of the molecule is CN(C)Cc1[c]cccc1.CN(C)Cc1[c]cccc1.Cl.Cl.[Pd].[Pd]. The molecule has 0 heterocycles. The molecular weight excluding hydrogens is 528 g/mol. The van der Waals surface area contributed by atoms with E-state index in [0.717, 1.165) is 13.1 Å². The zero-order chi connectivity index (χ0) is 14.8. The summed E-state index contributed by atoms with van der Waals surface area (Å²) in [7, 11) is 8.23. The van der Waals surface area contributed by atoms with Crippen LogP contribution in [0.15, 0.2) is 48.5 Å². The van der Waals surface area contributed by atoms with Gasteiger partial charge in [0.05, 0.1) is 0 Å². The van der Waals surface area contributed by atoms with Crippen LogP contribution in [0.25, 0.3) is 0 Å². The van der Waals surface area contributed by atoms with Crippen LogP contribution in [0, 0.1) is 12.1 Å². The van der Waals surface area contributed by atoms with Crippen LogP contribution < -0.4 is 0 Å². The zero-order valence-electron chi connectivity index (χ0n) is 14.4.